The second kappa shape index (κ2) is 12.6. The molecule has 2 atom stereocenters. The van der Waals surface area contributed by atoms with Crippen molar-refractivity contribution in [2.24, 2.45) is 5.41 Å². The minimum atomic E-state index is -0.838. The third-order valence-electron chi connectivity index (χ3n) is 10.00. The van der Waals surface area contributed by atoms with Crippen molar-refractivity contribution in [1.82, 2.24) is 20.1 Å². The fourth-order valence-corrected chi connectivity index (χ4v) is 7.35. The van der Waals surface area contributed by atoms with Gasteiger partial charge in [0.2, 0.25) is 0 Å². The minimum Gasteiger partial charge on any atom is -0.465 e. The molecular formula is C36H46N4O2. The summed E-state index contributed by atoms with van der Waals surface area (Å²) in [5.41, 5.74) is 7.95. The largest absolute Gasteiger partial charge is 0.465 e. The van der Waals surface area contributed by atoms with Gasteiger partial charge < -0.3 is 10.4 Å². The number of aromatic nitrogens is 1. The standard InChI is InChI=1S/C36H46N4O2/c1-36(2)18-16-31(17-19-36)38-22-26-12-14-27(15-13-26)23-39(33-11-5-9-28-10-6-20-37-34(28)33)25-32-21-29-7-3-4-8-30(29)24-40(32)35(41)42/h3-4,6-8,10,12-15,20,31-33,38H,5,9,11,16-19,21-25H2,1-2H3,(H,41,42). The summed E-state index contributed by atoms with van der Waals surface area (Å²) in [5.74, 6) is 0. The molecular weight excluding hydrogens is 520 g/mol. The van der Waals surface area contributed by atoms with E-state index in [0.29, 0.717) is 24.5 Å². The Morgan fingerprint density at radius 2 is 1.69 bits per heavy atom. The van der Waals surface area contributed by atoms with E-state index in [0.717, 1.165) is 44.3 Å². The summed E-state index contributed by atoms with van der Waals surface area (Å²) in [5, 5.41) is 14.0. The van der Waals surface area contributed by atoms with Crippen LogP contribution in [0.5, 0.6) is 0 Å². The van der Waals surface area contributed by atoms with Gasteiger partial charge in [-0.15, -0.1) is 0 Å². The predicted octanol–water partition coefficient (Wildman–Crippen LogP) is 7.12. The van der Waals surface area contributed by atoms with Gasteiger partial charge in [-0.3, -0.25) is 14.8 Å². The topological polar surface area (TPSA) is 68.7 Å². The number of benzene rings is 2. The number of aryl methyl sites for hydroxylation is 1. The monoisotopic (exact) mass is 566 g/mol. The van der Waals surface area contributed by atoms with Gasteiger partial charge in [-0.2, -0.15) is 0 Å². The number of pyridine rings is 1. The van der Waals surface area contributed by atoms with Crippen molar-refractivity contribution in [2.75, 3.05) is 6.54 Å². The number of fused-ring (bicyclic) bond motifs is 2. The van der Waals surface area contributed by atoms with Crippen LogP contribution in [-0.4, -0.2) is 44.6 Å². The van der Waals surface area contributed by atoms with E-state index < -0.39 is 6.09 Å². The molecule has 6 heteroatoms. The van der Waals surface area contributed by atoms with Gasteiger partial charge >= 0.3 is 6.09 Å². The van der Waals surface area contributed by atoms with Crippen LogP contribution in [-0.2, 0) is 32.5 Å². The zero-order valence-electron chi connectivity index (χ0n) is 25.3. The molecule has 0 radical (unpaired) electrons. The Labute approximate surface area is 251 Å². The molecule has 1 fully saturated rings. The molecule has 6 nitrogen and oxygen atoms in total. The van der Waals surface area contributed by atoms with Crippen molar-refractivity contribution >= 4 is 6.09 Å². The first kappa shape index (κ1) is 28.9. The second-order valence-electron chi connectivity index (χ2n) is 13.6. The highest BCUT2D eigenvalue weighted by Gasteiger charge is 2.35. The van der Waals surface area contributed by atoms with Crippen LogP contribution < -0.4 is 5.32 Å². The van der Waals surface area contributed by atoms with Crippen LogP contribution in [0, 0.1) is 5.41 Å². The van der Waals surface area contributed by atoms with Gasteiger partial charge in [-0.05, 0) is 90.7 Å². The number of nitrogens with one attached hydrogen (secondary N) is 1. The van der Waals surface area contributed by atoms with Crippen LogP contribution in [0.15, 0.2) is 66.9 Å². The maximum atomic E-state index is 12.4. The van der Waals surface area contributed by atoms with Crippen LogP contribution in [0.25, 0.3) is 0 Å². The predicted molar refractivity (Wildman–Crippen MR) is 167 cm³/mol. The summed E-state index contributed by atoms with van der Waals surface area (Å²) in [6, 6.07) is 22.3. The quantitative estimate of drug-likeness (QED) is 0.304. The fraction of sp³-hybridized carbons (Fsp3) is 0.500. The van der Waals surface area contributed by atoms with Gasteiger partial charge in [0, 0.05) is 38.4 Å². The lowest BCUT2D eigenvalue weighted by molar-refractivity contribution is 0.0755. The molecule has 2 N–H and O–H groups in total. The molecule has 0 saturated heterocycles. The number of hydrogen-bond acceptors (Lipinski definition) is 4. The Bertz CT molecular complexity index is 1360. The Kier molecular flexibility index (Phi) is 8.64. The third kappa shape index (κ3) is 6.71. The number of amides is 1. The summed E-state index contributed by atoms with van der Waals surface area (Å²) < 4.78 is 0. The van der Waals surface area contributed by atoms with Crippen molar-refractivity contribution in [2.45, 2.75) is 103 Å². The highest BCUT2D eigenvalue weighted by molar-refractivity contribution is 5.66. The molecule has 1 amide bonds. The normalized spacial score (nSPS) is 22.0. The molecule has 1 aromatic heterocycles. The molecule has 1 saturated carbocycles. The van der Waals surface area contributed by atoms with Crippen LogP contribution in [0.3, 0.4) is 0 Å². The molecule has 2 heterocycles. The molecule has 222 valence electrons. The average Bonchev–Trinajstić information content (AvgIpc) is 3.00. The number of rotatable bonds is 8. The van der Waals surface area contributed by atoms with Gasteiger partial charge in [-0.25, -0.2) is 4.79 Å². The first-order chi connectivity index (χ1) is 20.3. The van der Waals surface area contributed by atoms with Crippen LogP contribution >= 0.6 is 0 Å². The fourth-order valence-electron chi connectivity index (χ4n) is 7.35. The van der Waals surface area contributed by atoms with E-state index in [-0.39, 0.29) is 12.1 Å². The molecule has 2 aromatic carbocycles. The first-order valence-electron chi connectivity index (χ1n) is 15.9. The lowest BCUT2D eigenvalue weighted by atomic mass is 9.75. The molecule has 0 bridgehead atoms. The molecule has 0 spiro atoms. The van der Waals surface area contributed by atoms with E-state index in [4.69, 9.17) is 4.98 Å². The van der Waals surface area contributed by atoms with Gasteiger partial charge in [0.1, 0.15) is 0 Å². The molecule has 3 aromatic rings. The summed E-state index contributed by atoms with van der Waals surface area (Å²) in [4.78, 5) is 21.4. The molecule has 42 heavy (non-hydrogen) atoms. The summed E-state index contributed by atoms with van der Waals surface area (Å²) in [6.07, 6.45) is 10.1. The Morgan fingerprint density at radius 1 is 0.976 bits per heavy atom. The van der Waals surface area contributed by atoms with Crippen LogP contribution in [0.2, 0.25) is 0 Å². The summed E-state index contributed by atoms with van der Waals surface area (Å²) in [7, 11) is 0. The maximum Gasteiger partial charge on any atom is 0.407 e. The molecule has 6 rings (SSSR count). The Morgan fingerprint density at radius 3 is 2.45 bits per heavy atom. The van der Waals surface area contributed by atoms with Crippen LogP contribution in [0.4, 0.5) is 4.79 Å². The lowest BCUT2D eigenvalue weighted by Crippen LogP contribution is -2.50. The Hall–Kier alpha value is -3.22. The highest BCUT2D eigenvalue weighted by Crippen LogP contribution is 2.36. The van der Waals surface area contributed by atoms with Crippen molar-refractivity contribution in [3.05, 3.63) is 100 Å². The summed E-state index contributed by atoms with van der Waals surface area (Å²) >= 11 is 0. The Balaban J connectivity index is 1.19. The molecule has 2 aliphatic carbocycles. The van der Waals surface area contributed by atoms with E-state index in [9.17, 15) is 9.90 Å². The van der Waals surface area contributed by atoms with Crippen LogP contribution in [0.1, 0.15) is 91.9 Å². The highest BCUT2D eigenvalue weighted by atomic mass is 16.4. The van der Waals surface area contributed by atoms with E-state index in [1.807, 2.05) is 18.3 Å². The number of hydrogen-bond donors (Lipinski definition) is 2. The third-order valence-corrected chi connectivity index (χ3v) is 10.00. The number of carboxylic acid groups (broad SMARTS) is 1. The smallest absolute Gasteiger partial charge is 0.407 e. The number of carbonyl (C=O) groups is 1. The van der Waals surface area contributed by atoms with Crippen molar-refractivity contribution < 1.29 is 9.90 Å². The zero-order valence-corrected chi connectivity index (χ0v) is 25.3. The van der Waals surface area contributed by atoms with Crippen molar-refractivity contribution in [3.8, 4) is 0 Å². The van der Waals surface area contributed by atoms with Crippen molar-refractivity contribution in [1.29, 1.82) is 0 Å². The van der Waals surface area contributed by atoms with E-state index in [1.165, 1.54) is 53.6 Å². The maximum absolute atomic E-state index is 12.4. The molecule has 3 aliphatic rings. The lowest BCUT2D eigenvalue weighted by Gasteiger charge is -2.41. The van der Waals surface area contributed by atoms with Crippen molar-refractivity contribution in [3.63, 3.8) is 0 Å². The van der Waals surface area contributed by atoms with Gasteiger partial charge in [0.05, 0.1) is 17.8 Å². The number of nitrogens with zero attached hydrogens (tertiary/aromatic N) is 3. The average molecular weight is 567 g/mol. The van der Waals surface area contributed by atoms with E-state index in [1.54, 1.807) is 4.90 Å². The van der Waals surface area contributed by atoms with E-state index >= 15 is 0 Å². The van der Waals surface area contributed by atoms with Gasteiger partial charge in [0.15, 0.2) is 0 Å². The van der Waals surface area contributed by atoms with Gasteiger partial charge in [-0.1, -0.05) is 68.4 Å². The molecule has 2 unspecified atom stereocenters. The molecule has 1 aliphatic heterocycles. The van der Waals surface area contributed by atoms with E-state index in [2.05, 4.69) is 72.6 Å². The zero-order chi connectivity index (χ0) is 29.1. The minimum absolute atomic E-state index is 0.101. The SMILES string of the molecule is CC1(C)CCC(NCc2ccc(CN(CC3Cc4ccccc4CN3C(=O)O)C3CCCc4cccnc43)cc2)CC1. The first-order valence-corrected chi connectivity index (χ1v) is 15.9. The second-order valence-corrected chi connectivity index (χ2v) is 13.6. The van der Waals surface area contributed by atoms with Gasteiger partial charge in [0.25, 0.3) is 0 Å². The summed E-state index contributed by atoms with van der Waals surface area (Å²) in [6.45, 7) is 7.59.